The van der Waals surface area contributed by atoms with Crippen molar-refractivity contribution in [3.63, 3.8) is 0 Å². The smallest absolute Gasteiger partial charge is 0.234 e. The van der Waals surface area contributed by atoms with E-state index >= 15 is 0 Å². The number of carbonyl (C=O) groups excluding carboxylic acids is 2. The summed E-state index contributed by atoms with van der Waals surface area (Å²) in [5, 5.41) is 2.33. The van der Waals surface area contributed by atoms with Gasteiger partial charge in [0.05, 0.1) is 11.6 Å². The highest BCUT2D eigenvalue weighted by molar-refractivity contribution is 6.00. The molecule has 1 aliphatic rings. The van der Waals surface area contributed by atoms with Crippen LogP contribution < -0.4 is 11.1 Å². The lowest BCUT2D eigenvalue weighted by atomic mass is 9.91. The fourth-order valence-electron chi connectivity index (χ4n) is 1.77. The molecule has 5 heteroatoms. The fraction of sp³-hybridized carbons (Fsp3) is 0.364. The van der Waals surface area contributed by atoms with E-state index < -0.39 is 0 Å². The van der Waals surface area contributed by atoms with Crippen molar-refractivity contribution in [1.29, 1.82) is 0 Å². The topological polar surface area (TPSA) is 85.1 Å². The number of nitrogens with two attached hydrogens (primary N) is 1. The quantitative estimate of drug-likeness (QED) is 0.689. The first-order valence-electron chi connectivity index (χ1n) is 5.19. The Labute approximate surface area is 93.0 Å². The average Bonchev–Trinajstić information content (AvgIpc) is 2.29. The van der Waals surface area contributed by atoms with E-state index in [1.165, 1.54) is 0 Å². The summed E-state index contributed by atoms with van der Waals surface area (Å²) in [6.07, 6.45) is 2.59. The van der Waals surface area contributed by atoms with Crippen molar-refractivity contribution >= 4 is 11.8 Å². The Hall–Kier alpha value is -1.75. The van der Waals surface area contributed by atoms with Crippen molar-refractivity contribution in [3.8, 4) is 0 Å². The first kappa shape index (κ1) is 10.8. The summed E-state index contributed by atoms with van der Waals surface area (Å²) < 4.78 is 0. The summed E-state index contributed by atoms with van der Waals surface area (Å²) in [7, 11) is 0. The molecule has 1 atom stereocenters. The number of pyridine rings is 1. The molecule has 1 fully saturated rings. The predicted octanol–water partition coefficient (Wildman–Crippen LogP) is 0.0605. The minimum atomic E-state index is -0.267. The third-order valence-electron chi connectivity index (χ3n) is 2.70. The van der Waals surface area contributed by atoms with Gasteiger partial charge < -0.3 is 5.73 Å². The summed E-state index contributed by atoms with van der Waals surface area (Å²) in [4.78, 5) is 26.7. The maximum Gasteiger partial charge on any atom is 0.234 e. The second-order valence-electron chi connectivity index (χ2n) is 3.79. The summed E-state index contributed by atoms with van der Waals surface area (Å²) >= 11 is 0. The van der Waals surface area contributed by atoms with Crippen molar-refractivity contribution in [2.75, 3.05) is 0 Å². The van der Waals surface area contributed by atoms with E-state index in [2.05, 4.69) is 10.3 Å². The molecule has 0 spiro atoms. The number of aromatic nitrogens is 1. The number of hydrogen-bond acceptors (Lipinski definition) is 4. The average molecular weight is 219 g/mol. The number of nitrogens with one attached hydrogen (secondary N) is 1. The van der Waals surface area contributed by atoms with Crippen LogP contribution in [0.4, 0.5) is 0 Å². The van der Waals surface area contributed by atoms with Gasteiger partial charge in [-0.15, -0.1) is 0 Å². The van der Waals surface area contributed by atoms with Gasteiger partial charge in [0.2, 0.25) is 11.8 Å². The Bertz CT molecular complexity index is 414. The lowest BCUT2D eigenvalue weighted by molar-refractivity contribution is -0.134. The van der Waals surface area contributed by atoms with E-state index in [-0.39, 0.29) is 17.7 Å². The number of carbonyl (C=O) groups is 2. The molecule has 84 valence electrons. The summed E-state index contributed by atoms with van der Waals surface area (Å²) in [6.45, 7) is 0.385. The van der Waals surface area contributed by atoms with Gasteiger partial charge in [0.15, 0.2) is 0 Å². The molecular formula is C11H13N3O2. The van der Waals surface area contributed by atoms with E-state index in [0.717, 1.165) is 11.3 Å². The predicted molar refractivity (Wildman–Crippen MR) is 57.3 cm³/mol. The summed E-state index contributed by atoms with van der Waals surface area (Å²) in [5.74, 6) is -0.705. The van der Waals surface area contributed by atoms with E-state index in [4.69, 9.17) is 5.73 Å². The van der Waals surface area contributed by atoms with Gasteiger partial charge in [-0.3, -0.25) is 19.9 Å². The molecule has 0 bridgehead atoms. The summed E-state index contributed by atoms with van der Waals surface area (Å²) in [5.41, 5.74) is 7.06. The lowest BCUT2D eigenvalue weighted by Gasteiger charge is -2.20. The van der Waals surface area contributed by atoms with Crippen LogP contribution in [-0.4, -0.2) is 16.8 Å². The molecule has 1 aliphatic heterocycles. The zero-order valence-electron chi connectivity index (χ0n) is 8.77. The number of amides is 2. The maximum absolute atomic E-state index is 11.6. The zero-order valence-corrected chi connectivity index (χ0v) is 8.77. The Morgan fingerprint density at radius 1 is 1.44 bits per heavy atom. The number of imide groups is 1. The van der Waals surface area contributed by atoms with Crippen LogP contribution >= 0.6 is 0 Å². The Morgan fingerprint density at radius 2 is 2.25 bits per heavy atom. The Morgan fingerprint density at radius 3 is 2.81 bits per heavy atom. The van der Waals surface area contributed by atoms with Gasteiger partial charge in [-0.2, -0.15) is 0 Å². The Balaban J connectivity index is 2.17. The molecule has 3 N–H and O–H groups in total. The molecule has 2 heterocycles. The highest BCUT2D eigenvalue weighted by Crippen LogP contribution is 2.23. The third-order valence-corrected chi connectivity index (χ3v) is 2.70. The first-order chi connectivity index (χ1) is 7.70. The SMILES string of the molecule is NCc1ccc(C2CCC(=O)NC2=O)cn1. The van der Waals surface area contributed by atoms with E-state index in [1.54, 1.807) is 12.3 Å². The number of rotatable bonds is 2. The van der Waals surface area contributed by atoms with Crippen LogP contribution in [0.5, 0.6) is 0 Å². The van der Waals surface area contributed by atoms with Gasteiger partial charge in [0, 0.05) is 19.2 Å². The van der Waals surface area contributed by atoms with Crippen LogP contribution in [0.25, 0.3) is 0 Å². The van der Waals surface area contributed by atoms with Crippen molar-refractivity contribution in [1.82, 2.24) is 10.3 Å². The van der Waals surface area contributed by atoms with Crippen LogP contribution in [0.3, 0.4) is 0 Å². The monoisotopic (exact) mass is 219 g/mol. The largest absolute Gasteiger partial charge is 0.325 e. The third kappa shape index (κ3) is 2.09. The van der Waals surface area contributed by atoms with Crippen molar-refractivity contribution in [2.24, 2.45) is 5.73 Å². The normalized spacial score (nSPS) is 20.7. The molecule has 5 nitrogen and oxygen atoms in total. The van der Waals surface area contributed by atoms with Gasteiger partial charge in [-0.1, -0.05) is 6.07 Å². The molecule has 1 unspecified atom stereocenters. The Kier molecular flexibility index (Phi) is 2.96. The van der Waals surface area contributed by atoms with Crippen LogP contribution in [0.2, 0.25) is 0 Å². The molecule has 1 aromatic rings. The highest BCUT2D eigenvalue weighted by Gasteiger charge is 2.27. The van der Waals surface area contributed by atoms with Crippen LogP contribution in [0.1, 0.15) is 30.0 Å². The molecule has 16 heavy (non-hydrogen) atoms. The fourth-order valence-corrected chi connectivity index (χ4v) is 1.77. The lowest BCUT2D eigenvalue weighted by Crippen LogP contribution is -2.39. The van der Waals surface area contributed by atoms with E-state index in [1.807, 2.05) is 6.07 Å². The number of hydrogen-bond donors (Lipinski definition) is 2. The van der Waals surface area contributed by atoms with Crippen LogP contribution in [0, 0.1) is 0 Å². The highest BCUT2D eigenvalue weighted by atomic mass is 16.2. The van der Waals surface area contributed by atoms with Crippen LogP contribution in [0.15, 0.2) is 18.3 Å². The van der Waals surface area contributed by atoms with Gasteiger partial charge in [0.25, 0.3) is 0 Å². The molecule has 0 aromatic carbocycles. The molecule has 2 rings (SSSR count). The number of piperidine rings is 1. The molecular weight excluding hydrogens is 206 g/mol. The number of nitrogens with zero attached hydrogens (tertiary/aromatic N) is 1. The van der Waals surface area contributed by atoms with Gasteiger partial charge in [-0.05, 0) is 18.1 Å². The van der Waals surface area contributed by atoms with Crippen LogP contribution in [-0.2, 0) is 16.1 Å². The molecule has 1 saturated heterocycles. The van der Waals surface area contributed by atoms with Crippen molar-refractivity contribution in [3.05, 3.63) is 29.6 Å². The first-order valence-corrected chi connectivity index (χ1v) is 5.19. The van der Waals surface area contributed by atoms with Gasteiger partial charge in [-0.25, -0.2) is 0 Å². The second-order valence-corrected chi connectivity index (χ2v) is 3.79. The van der Waals surface area contributed by atoms with Crippen molar-refractivity contribution in [2.45, 2.75) is 25.3 Å². The van der Waals surface area contributed by atoms with Gasteiger partial charge >= 0.3 is 0 Å². The van der Waals surface area contributed by atoms with E-state index in [9.17, 15) is 9.59 Å². The molecule has 0 saturated carbocycles. The molecule has 2 amide bonds. The minimum absolute atomic E-state index is 0.201. The van der Waals surface area contributed by atoms with E-state index in [0.29, 0.717) is 19.4 Å². The van der Waals surface area contributed by atoms with Gasteiger partial charge in [0.1, 0.15) is 0 Å². The molecule has 0 aliphatic carbocycles. The van der Waals surface area contributed by atoms with Crippen molar-refractivity contribution < 1.29 is 9.59 Å². The second kappa shape index (κ2) is 4.40. The maximum atomic E-state index is 11.6. The standard InChI is InChI=1S/C11H13N3O2/c12-5-8-2-1-7(6-13-8)9-3-4-10(15)14-11(9)16/h1-2,6,9H,3-5,12H2,(H,14,15,16). The molecule has 1 aromatic heterocycles. The summed E-state index contributed by atoms with van der Waals surface area (Å²) in [6, 6.07) is 3.65. The zero-order chi connectivity index (χ0) is 11.5. The minimum Gasteiger partial charge on any atom is -0.325 e. The molecule has 0 radical (unpaired) electrons.